The third-order valence-corrected chi connectivity index (χ3v) is 5.78. The van der Waals surface area contributed by atoms with Crippen molar-refractivity contribution in [1.29, 1.82) is 0 Å². The number of hydrogen-bond acceptors (Lipinski definition) is 4. The van der Waals surface area contributed by atoms with E-state index < -0.39 is 0 Å². The summed E-state index contributed by atoms with van der Waals surface area (Å²) in [5.41, 5.74) is 2.26. The first-order valence-corrected chi connectivity index (χ1v) is 11.2. The Balaban J connectivity index is 0.00000341. The molecule has 0 aliphatic carbocycles. The SMILES string of the molecule is CCNC(=NCc1cc2c(cc1OCC)CC(C)O2)N1CCC(CC(=O)NC)CC1.I. The van der Waals surface area contributed by atoms with Gasteiger partial charge in [-0.1, -0.05) is 0 Å². The van der Waals surface area contributed by atoms with Gasteiger partial charge in [0.05, 0.1) is 13.2 Å². The summed E-state index contributed by atoms with van der Waals surface area (Å²) in [6, 6.07) is 4.21. The maximum Gasteiger partial charge on any atom is 0.220 e. The number of benzene rings is 1. The molecule has 1 unspecified atom stereocenters. The number of nitrogens with one attached hydrogen (secondary N) is 2. The smallest absolute Gasteiger partial charge is 0.220 e. The van der Waals surface area contributed by atoms with Crippen LogP contribution in [-0.2, 0) is 17.8 Å². The zero-order valence-corrected chi connectivity index (χ0v) is 21.5. The average Bonchev–Trinajstić information content (AvgIpc) is 3.10. The fourth-order valence-corrected chi connectivity index (χ4v) is 4.19. The quantitative estimate of drug-likeness (QED) is 0.313. The Bertz CT molecular complexity index is 763. The average molecular weight is 544 g/mol. The first kappa shape index (κ1) is 25.5. The van der Waals surface area contributed by atoms with Crippen LogP contribution < -0.4 is 20.1 Å². The van der Waals surface area contributed by atoms with Gasteiger partial charge in [0.25, 0.3) is 0 Å². The van der Waals surface area contributed by atoms with Crippen molar-refractivity contribution in [2.45, 2.75) is 59.1 Å². The fraction of sp³-hybridized carbons (Fsp3) is 0.652. The molecule has 174 valence electrons. The van der Waals surface area contributed by atoms with Gasteiger partial charge < -0.3 is 25.0 Å². The van der Waals surface area contributed by atoms with Crippen LogP contribution >= 0.6 is 24.0 Å². The molecule has 1 atom stereocenters. The molecule has 1 aromatic carbocycles. The lowest BCUT2D eigenvalue weighted by atomic mass is 9.93. The molecule has 7 nitrogen and oxygen atoms in total. The molecule has 3 rings (SSSR count). The van der Waals surface area contributed by atoms with E-state index >= 15 is 0 Å². The van der Waals surface area contributed by atoms with Crippen molar-refractivity contribution in [3.8, 4) is 11.5 Å². The lowest BCUT2D eigenvalue weighted by Crippen LogP contribution is -2.46. The third kappa shape index (κ3) is 6.89. The molecular formula is C23H37IN4O3. The summed E-state index contributed by atoms with van der Waals surface area (Å²) >= 11 is 0. The number of nitrogens with zero attached hydrogens (tertiary/aromatic N) is 2. The van der Waals surface area contributed by atoms with Crippen molar-refractivity contribution in [3.05, 3.63) is 23.3 Å². The Morgan fingerprint density at radius 3 is 2.68 bits per heavy atom. The maximum atomic E-state index is 11.7. The van der Waals surface area contributed by atoms with E-state index in [-0.39, 0.29) is 36.0 Å². The molecule has 0 spiro atoms. The Morgan fingerprint density at radius 2 is 2.03 bits per heavy atom. The topological polar surface area (TPSA) is 75.2 Å². The van der Waals surface area contributed by atoms with Crippen molar-refractivity contribution in [3.63, 3.8) is 0 Å². The molecule has 8 heteroatoms. The van der Waals surface area contributed by atoms with E-state index in [0.717, 1.165) is 61.9 Å². The van der Waals surface area contributed by atoms with Crippen LogP contribution in [0.4, 0.5) is 0 Å². The highest BCUT2D eigenvalue weighted by atomic mass is 127. The first-order chi connectivity index (χ1) is 14.5. The molecule has 1 fully saturated rings. The summed E-state index contributed by atoms with van der Waals surface area (Å²) in [4.78, 5) is 18.9. The monoisotopic (exact) mass is 544 g/mol. The van der Waals surface area contributed by atoms with E-state index in [1.165, 1.54) is 5.56 Å². The molecule has 2 N–H and O–H groups in total. The van der Waals surface area contributed by atoms with Crippen LogP contribution in [0.5, 0.6) is 11.5 Å². The largest absolute Gasteiger partial charge is 0.494 e. The van der Waals surface area contributed by atoms with Crippen molar-refractivity contribution < 1.29 is 14.3 Å². The lowest BCUT2D eigenvalue weighted by molar-refractivity contribution is -0.121. The van der Waals surface area contributed by atoms with Gasteiger partial charge in [-0.25, -0.2) is 4.99 Å². The minimum Gasteiger partial charge on any atom is -0.494 e. The third-order valence-electron chi connectivity index (χ3n) is 5.78. The van der Waals surface area contributed by atoms with E-state index in [9.17, 15) is 4.79 Å². The van der Waals surface area contributed by atoms with Gasteiger partial charge in [-0.2, -0.15) is 0 Å². The van der Waals surface area contributed by atoms with Crippen LogP contribution in [-0.4, -0.2) is 56.2 Å². The Kier molecular flexibility index (Phi) is 10.2. The second-order valence-corrected chi connectivity index (χ2v) is 8.11. The summed E-state index contributed by atoms with van der Waals surface area (Å²) in [6.45, 7) is 10.0. The highest BCUT2D eigenvalue weighted by Gasteiger charge is 2.24. The molecule has 2 aliphatic rings. The van der Waals surface area contributed by atoms with Crippen LogP contribution in [0.25, 0.3) is 0 Å². The van der Waals surface area contributed by atoms with Crippen LogP contribution in [0.2, 0.25) is 0 Å². The Hall–Kier alpha value is -1.71. The van der Waals surface area contributed by atoms with E-state index in [1.807, 2.05) is 6.92 Å². The van der Waals surface area contributed by atoms with Crippen LogP contribution in [0, 0.1) is 5.92 Å². The summed E-state index contributed by atoms with van der Waals surface area (Å²) in [5.74, 6) is 3.36. The number of halogens is 1. The molecule has 31 heavy (non-hydrogen) atoms. The zero-order chi connectivity index (χ0) is 21.5. The number of fused-ring (bicyclic) bond motifs is 1. The highest BCUT2D eigenvalue weighted by molar-refractivity contribution is 14.0. The maximum absolute atomic E-state index is 11.7. The molecule has 0 radical (unpaired) electrons. The number of likely N-dealkylation sites (tertiary alicyclic amines) is 1. The zero-order valence-electron chi connectivity index (χ0n) is 19.2. The van der Waals surface area contributed by atoms with Gasteiger partial charge in [-0.3, -0.25) is 4.79 Å². The predicted molar refractivity (Wildman–Crippen MR) is 135 cm³/mol. The van der Waals surface area contributed by atoms with Gasteiger partial charge in [0.2, 0.25) is 5.91 Å². The van der Waals surface area contributed by atoms with E-state index in [4.69, 9.17) is 14.5 Å². The van der Waals surface area contributed by atoms with E-state index in [1.54, 1.807) is 7.05 Å². The predicted octanol–water partition coefficient (Wildman–Crippen LogP) is 3.34. The molecule has 0 bridgehead atoms. The summed E-state index contributed by atoms with van der Waals surface area (Å²) in [5, 5.41) is 6.16. The lowest BCUT2D eigenvalue weighted by Gasteiger charge is -2.34. The minimum absolute atomic E-state index is 0. The number of hydrogen-bond donors (Lipinski definition) is 2. The van der Waals surface area contributed by atoms with E-state index in [0.29, 0.717) is 25.5 Å². The number of amides is 1. The number of carbonyl (C=O) groups is 1. The number of guanidine groups is 1. The Morgan fingerprint density at radius 1 is 1.29 bits per heavy atom. The molecule has 1 amide bonds. The highest BCUT2D eigenvalue weighted by Crippen LogP contribution is 2.35. The molecule has 0 aromatic heterocycles. The van der Waals surface area contributed by atoms with Crippen molar-refractivity contribution in [2.24, 2.45) is 10.9 Å². The Labute approximate surface area is 203 Å². The van der Waals surface area contributed by atoms with Gasteiger partial charge in [0, 0.05) is 50.7 Å². The van der Waals surface area contributed by atoms with Gasteiger partial charge in [-0.15, -0.1) is 24.0 Å². The van der Waals surface area contributed by atoms with Crippen molar-refractivity contribution in [2.75, 3.05) is 33.3 Å². The molecule has 0 saturated carbocycles. The number of piperidine rings is 1. The first-order valence-electron chi connectivity index (χ1n) is 11.2. The second-order valence-electron chi connectivity index (χ2n) is 8.11. The number of rotatable bonds is 7. The molecular weight excluding hydrogens is 507 g/mol. The van der Waals surface area contributed by atoms with Gasteiger partial charge >= 0.3 is 0 Å². The summed E-state index contributed by atoms with van der Waals surface area (Å²) < 4.78 is 11.8. The second kappa shape index (κ2) is 12.4. The van der Waals surface area contributed by atoms with Crippen molar-refractivity contribution >= 4 is 35.8 Å². The van der Waals surface area contributed by atoms with Gasteiger partial charge in [-0.05, 0) is 51.7 Å². The summed E-state index contributed by atoms with van der Waals surface area (Å²) in [6.07, 6.45) is 3.76. The number of aliphatic imine (C=N–C) groups is 1. The molecule has 1 saturated heterocycles. The number of ether oxygens (including phenoxy) is 2. The van der Waals surface area contributed by atoms with E-state index in [2.05, 4.69) is 41.5 Å². The molecule has 1 aromatic rings. The fourth-order valence-electron chi connectivity index (χ4n) is 4.19. The standard InChI is InChI=1S/C23H36N4O3.HI/c1-5-25-23(27-9-7-17(8-10-27)12-22(28)24-4)26-15-19-14-21-18(11-16(3)30-21)13-20(19)29-6-2;/h13-14,16-17H,5-12,15H2,1-4H3,(H,24,28)(H,25,26);1H. The minimum atomic E-state index is 0. The van der Waals surface area contributed by atoms with Crippen LogP contribution in [0.3, 0.4) is 0 Å². The number of carbonyl (C=O) groups excluding carboxylic acids is 1. The van der Waals surface area contributed by atoms with Crippen LogP contribution in [0.1, 0.15) is 51.2 Å². The normalized spacial score (nSPS) is 18.6. The van der Waals surface area contributed by atoms with Gasteiger partial charge in [0.15, 0.2) is 5.96 Å². The van der Waals surface area contributed by atoms with Gasteiger partial charge in [0.1, 0.15) is 17.6 Å². The van der Waals surface area contributed by atoms with Crippen LogP contribution in [0.15, 0.2) is 17.1 Å². The molecule has 2 aliphatic heterocycles. The van der Waals surface area contributed by atoms with Crippen molar-refractivity contribution in [1.82, 2.24) is 15.5 Å². The molecule has 2 heterocycles. The summed E-state index contributed by atoms with van der Waals surface area (Å²) in [7, 11) is 1.70.